The van der Waals surface area contributed by atoms with Gasteiger partial charge in [-0.15, -0.1) is 0 Å². The zero-order valence-corrected chi connectivity index (χ0v) is 23.0. The van der Waals surface area contributed by atoms with Crippen molar-refractivity contribution in [2.75, 3.05) is 0 Å². The molecule has 0 aliphatic rings. The van der Waals surface area contributed by atoms with Crippen molar-refractivity contribution in [1.82, 2.24) is 0 Å². The van der Waals surface area contributed by atoms with Crippen molar-refractivity contribution in [2.45, 2.75) is 192 Å². The molecule has 0 spiro atoms. The van der Waals surface area contributed by atoms with Gasteiger partial charge >= 0.3 is 0 Å². The standard InChI is InChI=1S/C30H62S/c1-3-5-7-9-11-13-14-15-16-17-18-19-21-23-25-27-29-30(31)28-26-24-22-20-12-10-8-6-4-2/h30-31H,3-29H2,1-2H3. The molecule has 0 aliphatic carbocycles. The summed E-state index contributed by atoms with van der Waals surface area (Å²) in [5.74, 6) is 0. The fourth-order valence-electron chi connectivity index (χ4n) is 4.76. The number of hydrogen-bond acceptors (Lipinski definition) is 1. The lowest BCUT2D eigenvalue weighted by molar-refractivity contribution is 0.518. The molecule has 0 aromatic rings. The first kappa shape index (κ1) is 31.4. The first-order valence-corrected chi connectivity index (χ1v) is 15.5. The molecule has 0 amide bonds. The van der Waals surface area contributed by atoms with Crippen LogP contribution < -0.4 is 0 Å². The lowest BCUT2D eigenvalue weighted by atomic mass is 10.0. The van der Waals surface area contributed by atoms with Crippen LogP contribution in [0.15, 0.2) is 0 Å². The van der Waals surface area contributed by atoms with E-state index in [1.54, 1.807) is 0 Å². The van der Waals surface area contributed by atoms with Gasteiger partial charge in [-0.25, -0.2) is 0 Å². The summed E-state index contributed by atoms with van der Waals surface area (Å²) in [6, 6.07) is 0. The third-order valence-corrected chi connectivity index (χ3v) is 7.55. The van der Waals surface area contributed by atoms with Gasteiger partial charge < -0.3 is 0 Å². The Balaban J connectivity index is 3.11. The van der Waals surface area contributed by atoms with Gasteiger partial charge in [0.05, 0.1) is 0 Å². The maximum absolute atomic E-state index is 4.84. The summed E-state index contributed by atoms with van der Waals surface area (Å²) in [6.07, 6.45) is 39.0. The maximum Gasteiger partial charge on any atom is 0.00168 e. The van der Waals surface area contributed by atoms with E-state index >= 15 is 0 Å². The second-order valence-electron chi connectivity index (χ2n) is 10.4. The Bertz CT molecular complexity index is 301. The van der Waals surface area contributed by atoms with E-state index in [4.69, 9.17) is 12.6 Å². The molecule has 0 saturated carbocycles. The Hall–Kier alpha value is 0.350. The van der Waals surface area contributed by atoms with Gasteiger partial charge in [0.1, 0.15) is 0 Å². The molecule has 31 heavy (non-hydrogen) atoms. The molecule has 1 unspecified atom stereocenters. The van der Waals surface area contributed by atoms with E-state index in [1.807, 2.05) is 0 Å². The van der Waals surface area contributed by atoms with E-state index in [9.17, 15) is 0 Å². The average Bonchev–Trinajstić information content (AvgIpc) is 2.77. The third kappa shape index (κ3) is 28.3. The van der Waals surface area contributed by atoms with Gasteiger partial charge in [0.25, 0.3) is 0 Å². The van der Waals surface area contributed by atoms with Crippen LogP contribution in [0.2, 0.25) is 0 Å². The zero-order valence-electron chi connectivity index (χ0n) is 22.1. The summed E-state index contributed by atoms with van der Waals surface area (Å²) in [7, 11) is 0. The first-order valence-electron chi connectivity index (χ1n) is 15.0. The van der Waals surface area contributed by atoms with E-state index in [1.165, 1.54) is 173 Å². The molecule has 0 N–H and O–H groups in total. The van der Waals surface area contributed by atoms with Gasteiger partial charge in [0.15, 0.2) is 0 Å². The summed E-state index contributed by atoms with van der Waals surface area (Å²) in [5.41, 5.74) is 0. The largest absolute Gasteiger partial charge is 0.176 e. The van der Waals surface area contributed by atoms with E-state index in [-0.39, 0.29) is 0 Å². The van der Waals surface area contributed by atoms with Crippen LogP contribution in [0.3, 0.4) is 0 Å². The second kappa shape index (κ2) is 28.4. The molecule has 0 aliphatic heterocycles. The molecule has 1 atom stereocenters. The summed E-state index contributed by atoms with van der Waals surface area (Å²) in [5, 5.41) is 0.663. The lowest BCUT2D eigenvalue weighted by Gasteiger charge is -2.10. The molecule has 0 aromatic carbocycles. The molecule has 0 aromatic heterocycles. The summed E-state index contributed by atoms with van der Waals surface area (Å²) < 4.78 is 0. The van der Waals surface area contributed by atoms with Crippen LogP contribution in [-0.4, -0.2) is 5.25 Å². The van der Waals surface area contributed by atoms with E-state index in [0.29, 0.717) is 5.25 Å². The predicted molar refractivity (Wildman–Crippen MR) is 149 cm³/mol. The second-order valence-corrected chi connectivity index (χ2v) is 11.1. The minimum atomic E-state index is 0.663. The Labute approximate surface area is 204 Å². The van der Waals surface area contributed by atoms with Gasteiger partial charge in [-0.2, -0.15) is 12.6 Å². The topological polar surface area (TPSA) is 0 Å². The van der Waals surface area contributed by atoms with Crippen LogP contribution in [0.4, 0.5) is 0 Å². The summed E-state index contributed by atoms with van der Waals surface area (Å²) >= 11 is 4.84. The number of thiol groups is 1. The molecular weight excluding hydrogens is 392 g/mol. The zero-order chi connectivity index (χ0) is 22.7. The molecule has 1 heteroatoms. The maximum atomic E-state index is 4.84. The van der Waals surface area contributed by atoms with Crippen molar-refractivity contribution >= 4 is 12.6 Å². The van der Waals surface area contributed by atoms with Crippen molar-refractivity contribution in [3.8, 4) is 0 Å². The Morgan fingerprint density at radius 2 is 0.516 bits per heavy atom. The number of rotatable bonds is 27. The normalized spacial score (nSPS) is 12.5. The van der Waals surface area contributed by atoms with Crippen LogP contribution in [-0.2, 0) is 0 Å². The fourth-order valence-corrected chi connectivity index (χ4v) is 5.13. The van der Waals surface area contributed by atoms with Gasteiger partial charge in [-0.05, 0) is 12.8 Å². The Morgan fingerprint density at radius 1 is 0.323 bits per heavy atom. The van der Waals surface area contributed by atoms with Crippen molar-refractivity contribution < 1.29 is 0 Å². The monoisotopic (exact) mass is 454 g/mol. The molecule has 188 valence electrons. The predicted octanol–water partition coefficient (Wildman–Crippen LogP) is 11.9. The number of unbranched alkanes of at least 4 members (excludes halogenated alkanes) is 23. The molecule has 0 fully saturated rings. The molecule has 0 heterocycles. The average molecular weight is 455 g/mol. The highest BCUT2D eigenvalue weighted by Crippen LogP contribution is 2.19. The van der Waals surface area contributed by atoms with E-state index < -0.39 is 0 Å². The highest BCUT2D eigenvalue weighted by molar-refractivity contribution is 7.80. The van der Waals surface area contributed by atoms with Crippen molar-refractivity contribution in [1.29, 1.82) is 0 Å². The van der Waals surface area contributed by atoms with E-state index in [0.717, 1.165) is 0 Å². The van der Waals surface area contributed by atoms with Gasteiger partial charge in [-0.3, -0.25) is 0 Å². The SMILES string of the molecule is CCCCCCCCCCCCCCCCCCC(S)CCCCCCCCCCC. The minimum absolute atomic E-state index is 0.663. The van der Waals surface area contributed by atoms with Crippen molar-refractivity contribution in [3.05, 3.63) is 0 Å². The van der Waals surface area contributed by atoms with E-state index in [2.05, 4.69) is 13.8 Å². The molecule has 0 rings (SSSR count). The van der Waals surface area contributed by atoms with Crippen LogP contribution in [0, 0.1) is 0 Å². The van der Waals surface area contributed by atoms with Crippen LogP contribution >= 0.6 is 12.6 Å². The third-order valence-electron chi connectivity index (χ3n) is 7.03. The van der Waals surface area contributed by atoms with Crippen molar-refractivity contribution in [3.63, 3.8) is 0 Å². The fraction of sp³-hybridized carbons (Fsp3) is 1.00. The summed E-state index contributed by atoms with van der Waals surface area (Å²) in [6.45, 7) is 4.60. The van der Waals surface area contributed by atoms with Gasteiger partial charge in [-0.1, -0.05) is 174 Å². The molecule has 0 saturated heterocycles. The smallest absolute Gasteiger partial charge is 0.00168 e. The highest BCUT2D eigenvalue weighted by Gasteiger charge is 2.03. The lowest BCUT2D eigenvalue weighted by Crippen LogP contribution is -1.98. The molecule has 0 bridgehead atoms. The van der Waals surface area contributed by atoms with Gasteiger partial charge in [0, 0.05) is 5.25 Å². The van der Waals surface area contributed by atoms with Gasteiger partial charge in [0.2, 0.25) is 0 Å². The number of hydrogen-bond donors (Lipinski definition) is 1. The minimum Gasteiger partial charge on any atom is -0.176 e. The van der Waals surface area contributed by atoms with Crippen LogP contribution in [0.5, 0.6) is 0 Å². The first-order chi connectivity index (χ1) is 15.3. The molecular formula is C30H62S. The Kier molecular flexibility index (Phi) is 28.7. The van der Waals surface area contributed by atoms with Crippen LogP contribution in [0.1, 0.15) is 187 Å². The molecule has 0 nitrogen and oxygen atoms in total. The van der Waals surface area contributed by atoms with Crippen LogP contribution in [0.25, 0.3) is 0 Å². The summed E-state index contributed by atoms with van der Waals surface area (Å²) in [4.78, 5) is 0. The highest BCUT2D eigenvalue weighted by atomic mass is 32.1. The van der Waals surface area contributed by atoms with Crippen molar-refractivity contribution in [2.24, 2.45) is 0 Å². The Morgan fingerprint density at radius 3 is 0.742 bits per heavy atom. The molecule has 0 radical (unpaired) electrons. The quantitative estimate of drug-likeness (QED) is 0.0925.